The summed E-state index contributed by atoms with van der Waals surface area (Å²) in [5.74, 6) is 0.852. The minimum atomic E-state index is -1.99. The average molecular weight is 680 g/mol. The second-order valence-electron chi connectivity index (χ2n) is 15.5. The van der Waals surface area contributed by atoms with Gasteiger partial charge in [0.2, 0.25) is 0 Å². The van der Waals surface area contributed by atoms with E-state index in [0.717, 1.165) is 67.7 Å². The molecule has 43 heavy (non-hydrogen) atoms. The van der Waals surface area contributed by atoms with Crippen LogP contribution in [0.3, 0.4) is 0 Å². The molecule has 1 amide bonds. The lowest BCUT2D eigenvalue weighted by atomic mass is 9.93. The number of nitrogens with zero attached hydrogens (tertiary/aromatic N) is 6. The van der Waals surface area contributed by atoms with Gasteiger partial charge in [-0.3, -0.25) is 0 Å². The Hall–Kier alpha value is -1.92. The number of rotatable bonds is 7. The lowest BCUT2D eigenvalue weighted by Crippen LogP contribution is -2.55. The fourth-order valence-electron chi connectivity index (χ4n) is 6.18. The predicted molar refractivity (Wildman–Crippen MR) is 176 cm³/mol. The molecule has 1 aliphatic carbocycles. The number of carbonyl (C=O) groups excluding carboxylic acids is 1. The van der Waals surface area contributed by atoms with Crippen molar-refractivity contribution < 1.29 is 18.7 Å². The van der Waals surface area contributed by atoms with Gasteiger partial charge in [-0.2, -0.15) is 9.97 Å². The molecule has 12 heteroatoms. The fraction of sp³-hybridized carbons (Fsp3) is 0.806. The third kappa shape index (κ3) is 7.00. The number of ether oxygens (including phenoxy) is 2. The van der Waals surface area contributed by atoms with Gasteiger partial charge in [0.15, 0.2) is 24.5 Å². The van der Waals surface area contributed by atoms with E-state index in [1.54, 1.807) is 4.90 Å². The van der Waals surface area contributed by atoms with Crippen LogP contribution in [0.1, 0.15) is 99.5 Å². The Bertz CT molecular complexity index is 1330. The van der Waals surface area contributed by atoms with Crippen molar-refractivity contribution in [3.8, 4) is 6.01 Å². The van der Waals surface area contributed by atoms with Crippen molar-refractivity contribution in [2.75, 3.05) is 31.1 Å². The predicted octanol–water partition coefficient (Wildman–Crippen LogP) is 7.47. The Balaban J connectivity index is 1.44. The van der Waals surface area contributed by atoms with Gasteiger partial charge in [-0.25, -0.2) is 9.78 Å². The van der Waals surface area contributed by atoms with E-state index in [1.807, 2.05) is 20.8 Å². The van der Waals surface area contributed by atoms with E-state index in [9.17, 15) is 4.79 Å². The molecule has 0 bridgehead atoms. The molecule has 2 saturated heterocycles. The molecule has 0 N–H and O–H groups in total. The van der Waals surface area contributed by atoms with Gasteiger partial charge in [0.25, 0.3) is 0 Å². The Morgan fingerprint density at radius 3 is 2.37 bits per heavy atom. The largest absolute Gasteiger partial charge is 0.461 e. The third-order valence-electron chi connectivity index (χ3n) is 9.58. The van der Waals surface area contributed by atoms with Gasteiger partial charge in [0.05, 0.1) is 11.6 Å². The number of imidazole rings is 1. The number of carbonyl (C=O) groups is 1. The molecule has 5 rings (SSSR count). The van der Waals surface area contributed by atoms with E-state index in [1.165, 1.54) is 6.42 Å². The number of anilines is 1. The second-order valence-corrected chi connectivity index (χ2v) is 20.9. The molecule has 4 heterocycles. The van der Waals surface area contributed by atoms with E-state index in [2.05, 4.69) is 66.2 Å². The zero-order valence-electron chi connectivity index (χ0n) is 27.6. The summed E-state index contributed by atoms with van der Waals surface area (Å²) in [6.45, 7) is 22.1. The quantitative estimate of drug-likeness (QED) is 0.220. The van der Waals surface area contributed by atoms with E-state index in [0.29, 0.717) is 30.9 Å². The fourth-order valence-corrected chi connectivity index (χ4v) is 8.52. The molecular formula is C31H51BrN6O4Si. The number of halogens is 1. The van der Waals surface area contributed by atoms with Crippen molar-refractivity contribution >= 4 is 47.3 Å². The highest BCUT2D eigenvalue weighted by Crippen LogP contribution is 2.44. The van der Waals surface area contributed by atoms with Crippen LogP contribution >= 0.6 is 15.9 Å². The lowest BCUT2D eigenvalue weighted by molar-refractivity contribution is 0.0184. The Morgan fingerprint density at radius 1 is 1.02 bits per heavy atom. The summed E-state index contributed by atoms with van der Waals surface area (Å²) < 4.78 is 22.1. The molecule has 0 spiro atoms. The summed E-state index contributed by atoms with van der Waals surface area (Å²) in [7, 11) is -1.99. The number of piperidine rings is 1. The summed E-state index contributed by atoms with van der Waals surface area (Å²) in [4.78, 5) is 31.7. The van der Waals surface area contributed by atoms with E-state index in [-0.39, 0.29) is 22.8 Å². The van der Waals surface area contributed by atoms with Gasteiger partial charge in [-0.1, -0.05) is 20.8 Å². The maximum atomic E-state index is 12.9. The van der Waals surface area contributed by atoms with Crippen LogP contribution in [0.25, 0.3) is 11.2 Å². The first-order valence-corrected chi connectivity index (χ1v) is 19.7. The van der Waals surface area contributed by atoms with Crippen LogP contribution < -0.4 is 9.64 Å². The summed E-state index contributed by atoms with van der Waals surface area (Å²) in [6, 6.07) is 0.587. The van der Waals surface area contributed by atoms with Crippen LogP contribution in [0, 0.1) is 0 Å². The van der Waals surface area contributed by atoms with Crippen molar-refractivity contribution in [2.45, 2.75) is 135 Å². The molecule has 0 radical (unpaired) electrons. The molecule has 2 aliphatic heterocycles. The van der Waals surface area contributed by atoms with Crippen LogP contribution in [-0.2, 0) is 9.16 Å². The minimum absolute atomic E-state index is 0.0897. The molecule has 1 saturated carbocycles. The number of hydrogen-bond acceptors (Lipinski definition) is 8. The summed E-state index contributed by atoms with van der Waals surface area (Å²) in [5.41, 5.74) is 0.761. The Kier molecular flexibility index (Phi) is 8.90. The lowest BCUT2D eigenvalue weighted by Gasteiger charge is -2.48. The molecule has 0 unspecified atom stereocenters. The molecule has 10 nitrogen and oxygen atoms in total. The van der Waals surface area contributed by atoms with Gasteiger partial charge in [0, 0.05) is 25.7 Å². The summed E-state index contributed by atoms with van der Waals surface area (Å²) in [6.07, 6.45) is 6.95. The average Bonchev–Trinajstić information content (AvgIpc) is 3.43. The first kappa shape index (κ1) is 32.5. The molecule has 2 atom stereocenters. The van der Waals surface area contributed by atoms with Gasteiger partial charge in [0.1, 0.15) is 17.7 Å². The smallest absolute Gasteiger partial charge is 0.410 e. The highest BCUT2D eigenvalue weighted by molar-refractivity contribution is 9.10. The molecule has 3 aliphatic rings. The number of likely N-dealkylation sites (tertiary alicyclic amines) is 1. The Morgan fingerprint density at radius 2 is 1.74 bits per heavy atom. The van der Waals surface area contributed by atoms with Crippen molar-refractivity contribution in [3.63, 3.8) is 0 Å². The normalized spacial score (nSPS) is 24.0. The highest BCUT2D eigenvalue weighted by atomic mass is 79.9. The van der Waals surface area contributed by atoms with Crippen molar-refractivity contribution in [1.82, 2.24) is 24.4 Å². The van der Waals surface area contributed by atoms with Crippen LogP contribution in [0.15, 0.2) is 4.73 Å². The zero-order chi connectivity index (χ0) is 31.4. The summed E-state index contributed by atoms with van der Waals surface area (Å²) in [5, 5.41) is 0.128. The number of amides is 1. The number of fused-ring (bicyclic) bond motifs is 1. The zero-order valence-corrected chi connectivity index (χ0v) is 30.2. The standard InChI is InChI=1S/C31H51BrN6O4Si/c1-29(2,3)41-28(39)37-18-11-15-22(37)19-40-27-34-24-23(38(26(32)33-24)21-13-10-14-21)25(35-27)36-17-12-16-31(7,20-36)42-43(8,9)30(4,5)6/h21-22H,10-20H2,1-9H3/t22-,31+/m0/s1. The molecule has 240 valence electrons. The molecule has 2 aromatic rings. The van der Waals surface area contributed by atoms with E-state index in [4.69, 9.17) is 28.9 Å². The highest BCUT2D eigenvalue weighted by Gasteiger charge is 2.45. The first-order chi connectivity index (χ1) is 20.0. The van der Waals surface area contributed by atoms with Crippen LogP contribution in [0.2, 0.25) is 18.1 Å². The van der Waals surface area contributed by atoms with Gasteiger partial charge in [-0.05, 0) is 107 Å². The van der Waals surface area contributed by atoms with Crippen molar-refractivity contribution in [3.05, 3.63) is 4.73 Å². The van der Waals surface area contributed by atoms with Crippen LogP contribution in [0.4, 0.5) is 10.6 Å². The third-order valence-corrected chi connectivity index (χ3v) is 14.8. The van der Waals surface area contributed by atoms with E-state index < -0.39 is 13.9 Å². The minimum Gasteiger partial charge on any atom is -0.461 e. The maximum absolute atomic E-state index is 12.9. The first-order valence-electron chi connectivity index (χ1n) is 16.0. The molecular weight excluding hydrogens is 628 g/mol. The van der Waals surface area contributed by atoms with Gasteiger partial charge in [-0.15, -0.1) is 0 Å². The molecule has 2 aromatic heterocycles. The van der Waals surface area contributed by atoms with Gasteiger partial charge >= 0.3 is 12.1 Å². The summed E-state index contributed by atoms with van der Waals surface area (Å²) >= 11 is 3.74. The van der Waals surface area contributed by atoms with Gasteiger partial charge < -0.3 is 28.3 Å². The number of aromatic nitrogens is 4. The van der Waals surface area contributed by atoms with Crippen LogP contribution in [0.5, 0.6) is 6.01 Å². The molecule has 0 aromatic carbocycles. The SMILES string of the molecule is CC(C)(C)OC(=O)N1CCC[C@H]1COc1nc(N2CCC[C@@](C)(O[Si](C)(C)C(C)(C)C)C2)c2c(n1)nc(Br)n2C1CCC1. The van der Waals surface area contributed by atoms with Crippen LogP contribution in [-0.4, -0.2) is 82.3 Å². The molecule has 3 fully saturated rings. The monoisotopic (exact) mass is 678 g/mol. The Labute approximate surface area is 266 Å². The topological polar surface area (TPSA) is 94.8 Å². The second kappa shape index (κ2) is 11.8. The van der Waals surface area contributed by atoms with Crippen molar-refractivity contribution in [1.29, 1.82) is 0 Å². The number of hydrogen-bond donors (Lipinski definition) is 0. The van der Waals surface area contributed by atoms with Crippen molar-refractivity contribution in [2.24, 2.45) is 0 Å². The maximum Gasteiger partial charge on any atom is 0.410 e. The van der Waals surface area contributed by atoms with E-state index >= 15 is 0 Å².